The number of imidazole rings is 1. The molecule has 4 heteroatoms. The van der Waals surface area contributed by atoms with Gasteiger partial charge in [-0.1, -0.05) is 30.3 Å². The maximum Gasteiger partial charge on any atom is 0.304 e. The number of ether oxygens (including phenoxy) is 1. The lowest BCUT2D eigenvalue weighted by molar-refractivity contribution is -0.148. The molecule has 1 atom stereocenters. The van der Waals surface area contributed by atoms with Crippen LogP contribution < -0.4 is 0 Å². The molecule has 1 heterocycles. The molecule has 0 aliphatic heterocycles. The molecule has 0 bridgehead atoms. The zero-order valence-electron chi connectivity index (χ0n) is 8.91. The van der Waals surface area contributed by atoms with Crippen molar-refractivity contribution in [2.75, 3.05) is 0 Å². The molecule has 1 unspecified atom stereocenters. The molecule has 2 aromatic rings. The first-order chi connectivity index (χ1) is 7.77. The van der Waals surface area contributed by atoms with E-state index in [0.29, 0.717) is 0 Å². The van der Waals surface area contributed by atoms with Crippen molar-refractivity contribution in [1.29, 1.82) is 0 Å². The van der Waals surface area contributed by atoms with Gasteiger partial charge in [0.25, 0.3) is 0 Å². The topological polar surface area (TPSA) is 44.1 Å². The number of carbonyl (C=O) groups excluding carboxylic acids is 1. The predicted molar refractivity (Wildman–Crippen MR) is 58.6 cm³/mol. The maximum absolute atomic E-state index is 11.1. The van der Waals surface area contributed by atoms with Gasteiger partial charge in [-0.05, 0) is 0 Å². The molecule has 0 aliphatic rings. The van der Waals surface area contributed by atoms with Crippen LogP contribution in [0.4, 0.5) is 0 Å². The van der Waals surface area contributed by atoms with Gasteiger partial charge in [0.15, 0.2) is 0 Å². The van der Waals surface area contributed by atoms with E-state index in [1.54, 1.807) is 23.3 Å². The van der Waals surface area contributed by atoms with Gasteiger partial charge in [-0.3, -0.25) is 9.36 Å². The molecular weight excluding hydrogens is 204 g/mol. The molecule has 0 saturated heterocycles. The van der Waals surface area contributed by atoms with Gasteiger partial charge in [0.1, 0.15) is 0 Å². The predicted octanol–water partition coefficient (Wildman–Crippen LogP) is 1.99. The molecule has 0 saturated carbocycles. The summed E-state index contributed by atoms with van der Waals surface area (Å²) in [6, 6.07) is 9.55. The monoisotopic (exact) mass is 216 g/mol. The molecule has 0 aliphatic carbocycles. The second kappa shape index (κ2) is 4.61. The Hall–Kier alpha value is -2.10. The fourth-order valence-corrected chi connectivity index (χ4v) is 1.48. The number of rotatable bonds is 3. The Kier molecular flexibility index (Phi) is 3.00. The Morgan fingerprint density at radius 2 is 2.12 bits per heavy atom. The molecule has 0 radical (unpaired) electrons. The van der Waals surface area contributed by atoms with Crippen LogP contribution in [0.1, 0.15) is 18.7 Å². The largest absolute Gasteiger partial charge is 0.437 e. The van der Waals surface area contributed by atoms with Crippen molar-refractivity contribution < 1.29 is 9.53 Å². The Balaban J connectivity index is 2.32. The third-order valence-corrected chi connectivity index (χ3v) is 2.16. The third-order valence-electron chi connectivity index (χ3n) is 2.16. The van der Waals surface area contributed by atoms with E-state index >= 15 is 0 Å². The number of esters is 1. The van der Waals surface area contributed by atoms with Crippen molar-refractivity contribution in [3.63, 3.8) is 0 Å². The number of nitrogens with zero attached hydrogens (tertiary/aromatic N) is 2. The van der Waals surface area contributed by atoms with Crippen LogP contribution in [-0.4, -0.2) is 15.5 Å². The summed E-state index contributed by atoms with van der Waals surface area (Å²) in [5.74, 6) is -0.317. The van der Waals surface area contributed by atoms with E-state index in [1.807, 2.05) is 30.3 Å². The Labute approximate surface area is 93.5 Å². The zero-order chi connectivity index (χ0) is 11.4. The van der Waals surface area contributed by atoms with Gasteiger partial charge < -0.3 is 4.74 Å². The molecule has 2 rings (SSSR count). The lowest BCUT2D eigenvalue weighted by Crippen LogP contribution is -2.15. The van der Waals surface area contributed by atoms with Crippen molar-refractivity contribution in [1.82, 2.24) is 9.55 Å². The Morgan fingerprint density at radius 3 is 2.69 bits per heavy atom. The van der Waals surface area contributed by atoms with Crippen molar-refractivity contribution in [2.24, 2.45) is 0 Å². The zero-order valence-corrected chi connectivity index (χ0v) is 8.91. The van der Waals surface area contributed by atoms with Crippen LogP contribution in [0.3, 0.4) is 0 Å². The van der Waals surface area contributed by atoms with Crippen molar-refractivity contribution in [3.8, 4) is 0 Å². The smallest absolute Gasteiger partial charge is 0.304 e. The quantitative estimate of drug-likeness (QED) is 0.737. The summed E-state index contributed by atoms with van der Waals surface area (Å²) >= 11 is 0. The summed E-state index contributed by atoms with van der Waals surface area (Å²) in [6.07, 6.45) is 4.60. The molecule has 4 nitrogen and oxygen atoms in total. The number of hydrogen-bond acceptors (Lipinski definition) is 3. The van der Waals surface area contributed by atoms with Crippen LogP contribution in [0.5, 0.6) is 0 Å². The highest BCUT2D eigenvalue weighted by Gasteiger charge is 2.15. The second-order valence-electron chi connectivity index (χ2n) is 3.38. The summed E-state index contributed by atoms with van der Waals surface area (Å²) in [6.45, 7) is 1.40. The van der Waals surface area contributed by atoms with Gasteiger partial charge in [0, 0.05) is 24.9 Å². The molecule has 0 N–H and O–H groups in total. The van der Waals surface area contributed by atoms with Gasteiger partial charge in [0.2, 0.25) is 6.23 Å². The van der Waals surface area contributed by atoms with Crippen LogP contribution >= 0.6 is 0 Å². The van der Waals surface area contributed by atoms with E-state index in [-0.39, 0.29) is 5.97 Å². The average Bonchev–Trinajstić information content (AvgIpc) is 2.80. The number of benzene rings is 1. The summed E-state index contributed by atoms with van der Waals surface area (Å²) in [5.41, 5.74) is 0.913. The SMILES string of the molecule is CC(=O)OC(c1ccccc1)n1ccnc1. The van der Waals surface area contributed by atoms with Crippen molar-refractivity contribution in [2.45, 2.75) is 13.2 Å². The van der Waals surface area contributed by atoms with E-state index in [0.717, 1.165) is 5.56 Å². The molecule has 0 fully saturated rings. The van der Waals surface area contributed by atoms with Crippen LogP contribution in [0, 0.1) is 0 Å². The number of carbonyl (C=O) groups is 1. The lowest BCUT2D eigenvalue weighted by atomic mass is 10.2. The lowest BCUT2D eigenvalue weighted by Gasteiger charge is -2.18. The fraction of sp³-hybridized carbons (Fsp3) is 0.167. The minimum Gasteiger partial charge on any atom is -0.437 e. The molecule has 0 amide bonds. The molecule has 1 aromatic carbocycles. The van der Waals surface area contributed by atoms with Gasteiger partial charge >= 0.3 is 5.97 Å². The average molecular weight is 216 g/mol. The minimum absolute atomic E-state index is 0.317. The van der Waals surface area contributed by atoms with Crippen LogP contribution in [0.2, 0.25) is 0 Å². The Morgan fingerprint density at radius 1 is 1.38 bits per heavy atom. The minimum atomic E-state index is -0.443. The van der Waals surface area contributed by atoms with E-state index in [2.05, 4.69) is 4.98 Å². The van der Waals surface area contributed by atoms with E-state index in [9.17, 15) is 4.79 Å². The standard InChI is InChI=1S/C12H12N2O2/c1-10(15)16-12(14-8-7-13-9-14)11-5-3-2-4-6-11/h2-9,12H,1H3. The summed E-state index contributed by atoms with van der Waals surface area (Å²) < 4.78 is 7.01. The third kappa shape index (κ3) is 2.28. The summed E-state index contributed by atoms with van der Waals surface area (Å²) in [5, 5.41) is 0. The fourth-order valence-electron chi connectivity index (χ4n) is 1.48. The first kappa shape index (κ1) is 10.4. The highest BCUT2D eigenvalue weighted by molar-refractivity contribution is 5.66. The van der Waals surface area contributed by atoms with E-state index in [4.69, 9.17) is 4.74 Å². The molecule has 1 aromatic heterocycles. The van der Waals surface area contributed by atoms with Crippen LogP contribution in [-0.2, 0) is 9.53 Å². The van der Waals surface area contributed by atoms with Crippen LogP contribution in [0.15, 0.2) is 49.1 Å². The maximum atomic E-state index is 11.1. The van der Waals surface area contributed by atoms with E-state index in [1.165, 1.54) is 6.92 Å². The second-order valence-corrected chi connectivity index (χ2v) is 3.38. The number of hydrogen-bond donors (Lipinski definition) is 0. The van der Waals surface area contributed by atoms with Gasteiger partial charge in [-0.25, -0.2) is 4.98 Å². The summed E-state index contributed by atoms with van der Waals surface area (Å²) in [7, 11) is 0. The number of aromatic nitrogens is 2. The normalized spacial score (nSPS) is 12.1. The molecule has 0 spiro atoms. The Bertz CT molecular complexity index is 451. The summed E-state index contributed by atoms with van der Waals surface area (Å²) in [4.78, 5) is 15.0. The molecule has 82 valence electrons. The highest BCUT2D eigenvalue weighted by Crippen LogP contribution is 2.19. The van der Waals surface area contributed by atoms with Gasteiger partial charge in [0.05, 0.1) is 6.33 Å². The molecule has 16 heavy (non-hydrogen) atoms. The molecular formula is C12H12N2O2. The first-order valence-corrected chi connectivity index (χ1v) is 4.97. The van der Waals surface area contributed by atoms with Gasteiger partial charge in [-0.15, -0.1) is 0 Å². The van der Waals surface area contributed by atoms with Crippen molar-refractivity contribution in [3.05, 3.63) is 54.6 Å². The first-order valence-electron chi connectivity index (χ1n) is 4.97. The highest BCUT2D eigenvalue weighted by atomic mass is 16.6. The van der Waals surface area contributed by atoms with Gasteiger partial charge in [-0.2, -0.15) is 0 Å². The van der Waals surface area contributed by atoms with E-state index < -0.39 is 6.23 Å². The van der Waals surface area contributed by atoms with Crippen LogP contribution in [0.25, 0.3) is 0 Å². The van der Waals surface area contributed by atoms with Crippen molar-refractivity contribution >= 4 is 5.97 Å².